The van der Waals surface area contributed by atoms with Gasteiger partial charge in [-0.1, -0.05) is 6.92 Å². The highest BCUT2D eigenvalue weighted by molar-refractivity contribution is 7.91. The van der Waals surface area contributed by atoms with Crippen molar-refractivity contribution in [1.29, 1.82) is 0 Å². The number of sulfone groups is 1. The molecule has 1 unspecified atom stereocenters. The third-order valence-electron chi connectivity index (χ3n) is 3.31. The van der Waals surface area contributed by atoms with Gasteiger partial charge in [0.1, 0.15) is 0 Å². The van der Waals surface area contributed by atoms with Crippen LogP contribution in [0.1, 0.15) is 23.6 Å². The van der Waals surface area contributed by atoms with E-state index in [-0.39, 0.29) is 5.75 Å². The minimum absolute atomic E-state index is 0.133. The van der Waals surface area contributed by atoms with Gasteiger partial charge in [0.25, 0.3) is 0 Å². The molecule has 1 N–H and O–H groups in total. The van der Waals surface area contributed by atoms with E-state index in [0.29, 0.717) is 10.9 Å². The van der Waals surface area contributed by atoms with Gasteiger partial charge < -0.3 is 5.32 Å². The normalized spacial score (nSPS) is 13.1. The van der Waals surface area contributed by atoms with Gasteiger partial charge in [-0.2, -0.15) is 0 Å². The Hall–Kier alpha value is -1.33. The molecule has 0 saturated heterocycles. The Morgan fingerprint density at radius 3 is 2.33 bits per heavy atom. The molecule has 0 fully saturated rings. The summed E-state index contributed by atoms with van der Waals surface area (Å²) in [5.74, 6) is 0.133. The second-order valence-electron chi connectivity index (χ2n) is 5.19. The maximum absolute atomic E-state index is 11.8. The molecule has 21 heavy (non-hydrogen) atoms. The van der Waals surface area contributed by atoms with E-state index in [1.807, 2.05) is 23.5 Å². The zero-order valence-electron chi connectivity index (χ0n) is 12.6. The van der Waals surface area contributed by atoms with Gasteiger partial charge in [0.2, 0.25) is 0 Å². The third kappa shape index (κ3) is 4.32. The van der Waals surface area contributed by atoms with Crippen LogP contribution in [0.5, 0.6) is 0 Å². The molecule has 2 rings (SSSR count). The predicted octanol–water partition coefficient (Wildman–Crippen LogP) is 3.89. The van der Waals surface area contributed by atoms with Crippen LogP contribution in [-0.4, -0.2) is 20.2 Å². The van der Waals surface area contributed by atoms with E-state index in [9.17, 15) is 8.42 Å². The van der Waals surface area contributed by atoms with E-state index in [2.05, 4.69) is 31.3 Å². The van der Waals surface area contributed by atoms with Crippen molar-refractivity contribution >= 4 is 26.9 Å². The van der Waals surface area contributed by atoms with Crippen LogP contribution in [0.2, 0.25) is 0 Å². The third-order valence-corrected chi connectivity index (χ3v) is 6.08. The van der Waals surface area contributed by atoms with Gasteiger partial charge in [0.05, 0.1) is 10.6 Å². The summed E-state index contributed by atoms with van der Waals surface area (Å²) in [6, 6.07) is 11.6. The Morgan fingerprint density at radius 2 is 1.81 bits per heavy atom. The van der Waals surface area contributed by atoms with Crippen LogP contribution >= 0.6 is 11.3 Å². The number of aryl methyl sites for hydroxylation is 1. The van der Waals surface area contributed by atoms with Gasteiger partial charge in [-0.3, -0.25) is 0 Å². The topological polar surface area (TPSA) is 46.2 Å². The predicted molar refractivity (Wildman–Crippen MR) is 90.0 cm³/mol. The molecule has 1 heterocycles. The molecule has 114 valence electrons. The molecule has 0 aliphatic heterocycles. The number of hydrogen-bond acceptors (Lipinski definition) is 4. The summed E-state index contributed by atoms with van der Waals surface area (Å²) in [5.41, 5.74) is 0.950. The zero-order valence-corrected chi connectivity index (χ0v) is 14.2. The molecule has 5 heteroatoms. The molecule has 0 saturated carbocycles. The highest BCUT2D eigenvalue weighted by Crippen LogP contribution is 2.20. The van der Waals surface area contributed by atoms with Gasteiger partial charge >= 0.3 is 0 Å². The van der Waals surface area contributed by atoms with Crippen molar-refractivity contribution in [1.82, 2.24) is 0 Å². The molecular weight excluding hydrogens is 302 g/mol. The van der Waals surface area contributed by atoms with Crippen LogP contribution in [0.25, 0.3) is 0 Å². The van der Waals surface area contributed by atoms with Crippen molar-refractivity contribution in [2.75, 3.05) is 11.1 Å². The first kappa shape index (κ1) is 16.0. The lowest BCUT2D eigenvalue weighted by Gasteiger charge is -2.14. The summed E-state index contributed by atoms with van der Waals surface area (Å²) in [5, 5.41) is 3.41. The number of anilines is 1. The molecule has 1 aromatic heterocycles. The standard InChI is InChI=1S/C16H21NO2S2/c1-4-21(18,19)16-9-6-14(7-10-16)17-12(2)11-15-8-5-13(3)20-15/h5-10,12,17H,4,11H2,1-3H3. The van der Waals surface area contributed by atoms with E-state index in [1.54, 1.807) is 19.1 Å². The highest BCUT2D eigenvalue weighted by Gasteiger charge is 2.11. The van der Waals surface area contributed by atoms with Gasteiger partial charge in [0.15, 0.2) is 9.84 Å². The Bertz CT molecular complexity index is 687. The average molecular weight is 323 g/mol. The van der Waals surface area contributed by atoms with Crippen LogP contribution in [0.3, 0.4) is 0 Å². The van der Waals surface area contributed by atoms with Crippen molar-refractivity contribution < 1.29 is 8.42 Å². The fourth-order valence-corrected chi connectivity index (χ4v) is 4.06. The minimum Gasteiger partial charge on any atom is -0.382 e. The van der Waals surface area contributed by atoms with E-state index in [4.69, 9.17) is 0 Å². The monoisotopic (exact) mass is 323 g/mol. The SMILES string of the molecule is CCS(=O)(=O)c1ccc(NC(C)Cc2ccc(C)s2)cc1. The second-order valence-corrected chi connectivity index (χ2v) is 8.84. The number of benzene rings is 1. The van der Waals surface area contributed by atoms with Crippen LogP contribution in [0.15, 0.2) is 41.3 Å². The molecule has 1 aromatic carbocycles. The maximum atomic E-state index is 11.8. The van der Waals surface area contributed by atoms with Gasteiger partial charge in [-0.25, -0.2) is 8.42 Å². The molecular formula is C16H21NO2S2. The summed E-state index contributed by atoms with van der Waals surface area (Å²) in [6.07, 6.45) is 0.966. The second kappa shape index (κ2) is 6.62. The fraction of sp³-hybridized carbons (Fsp3) is 0.375. The fourth-order valence-electron chi connectivity index (χ4n) is 2.16. The van der Waals surface area contributed by atoms with Crippen molar-refractivity contribution in [3.8, 4) is 0 Å². The summed E-state index contributed by atoms with van der Waals surface area (Å²) in [7, 11) is -3.12. The lowest BCUT2D eigenvalue weighted by molar-refractivity contribution is 0.597. The Morgan fingerprint density at radius 1 is 1.14 bits per heavy atom. The minimum atomic E-state index is -3.12. The lowest BCUT2D eigenvalue weighted by atomic mass is 10.2. The van der Waals surface area contributed by atoms with Crippen molar-refractivity contribution in [3.05, 3.63) is 46.2 Å². The van der Waals surface area contributed by atoms with Gasteiger partial charge in [-0.05, 0) is 50.2 Å². The molecule has 1 atom stereocenters. The Kier molecular flexibility index (Phi) is 5.06. The summed E-state index contributed by atoms with van der Waals surface area (Å²) in [6.45, 7) is 5.90. The molecule has 0 spiro atoms. The first-order chi connectivity index (χ1) is 9.90. The van der Waals surface area contributed by atoms with Crippen LogP contribution < -0.4 is 5.32 Å². The van der Waals surface area contributed by atoms with Crippen molar-refractivity contribution in [2.45, 2.75) is 38.1 Å². The van der Waals surface area contributed by atoms with E-state index < -0.39 is 9.84 Å². The first-order valence-corrected chi connectivity index (χ1v) is 9.52. The molecule has 3 nitrogen and oxygen atoms in total. The number of thiophene rings is 1. The smallest absolute Gasteiger partial charge is 0.178 e. The van der Waals surface area contributed by atoms with Crippen LogP contribution in [0.4, 0.5) is 5.69 Å². The van der Waals surface area contributed by atoms with Crippen molar-refractivity contribution in [3.63, 3.8) is 0 Å². The Balaban J connectivity index is 2.00. The first-order valence-electron chi connectivity index (χ1n) is 7.05. The maximum Gasteiger partial charge on any atom is 0.178 e. The summed E-state index contributed by atoms with van der Waals surface area (Å²) >= 11 is 1.82. The number of nitrogens with one attached hydrogen (secondary N) is 1. The van der Waals surface area contributed by atoms with Crippen molar-refractivity contribution in [2.24, 2.45) is 0 Å². The molecule has 0 aliphatic carbocycles. The molecule has 0 bridgehead atoms. The van der Waals surface area contributed by atoms with Gasteiger partial charge in [-0.15, -0.1) is 11.3 Å². The van der Waals surface area contributed by atoms with E-state index in [0.717, 1.165) is 12.1 Å². The lowest BCUT2D eigenvalue weighted by Crippen LogP contribution is -2.17. The van der Waals surface area contributed by atoms with Gasteiger partial charge in [0, 0.05) is 27.9 Å². The van der Waals surface area contributed by atoms with E-state index in [1.165, 1.54) is 9.75 Å². The average Bonchev–Trinajstić information content (AvgIpc) is 2.84. The summed E-state index contributed by atoms with van der Waals surface area (Å²) < 4.78 is 23.5. The Labute approximate surface area is 130 Å². The molecule has 2 aromatic rings. The summed E-state index contributed by atoms with van der Waals surface area (Å²) in [4.78, 5) is 3.07. The highest BCUT2D eigenvalue weighted by atomic mass is 32.2. The molecule has 0 amide bonds. The van der Waals surface area contributed by atoms with Crippen LogP contribution in [-0.2, 0) is 16.3 Å². The van der Waals surface area contributed by atoms with Crippen LogP contribution in [0, 0.1) is 6.92 Å². The zero-order chi connectivity index (χ0) is 15.5. The van der Waals surface area contributed by atoms with E-state index >= 15 is 0 Å². The quantitative estimate of drug-likeness (QED) is 0.877. The molecule has 0 aliphatic rings. The molecule has 0 radical (unpaired) electrons. The number of rotatable bonds is 6. The largest absolute Gasteiger partial charge is 0.382 e. The number of hydrogen-bond donors (Lipinski definition) is 1.